The summed E-state index contributed by atoms with van der Waals surface area (Å²) in [5.74, 6) is 1.02. The van der Waals surface area contributed by atoms with Crippen LogP contribution in [0.15, 0.2) is 11.1 Å². The number of hydrogen-bond donors (Lipinski definition) is 1. The number of hydrogen-bond acceptors (Lipinski definition) is 1. The van der Waals surface area contributed by atoms with Gasteiger partial charge in [-0.3, -0.25) is 0 Å². The maximum atomic E-state index is 3.76. The quantitative estimate of drug-likeness (QED) is 0.699. The second kappa shape index (κ2) is 4.94. The van der Waals surface area contributed by atoms with Gasteiger partial charge < -0.3 is 5.32 Å². The van der Waals surface area contributed by atoms with Gasteiger partial charge >= 0.3 is 0 Å². The third-order valence-corrected chi connectivity index (χ3v) is 2.55. The van der Waals surface area contributed by atoms with Gasteiger partial charge in [-0.2, -0.15) is 0 Å². The predicted octanol–water partition coefficient (Wildman–Crippen LogP) is 2.67. The molecule has 64 valence electrons. The van der Waals surface area contributed by atoms with Crippen molar-refractivity contribution >= 4 is 15.9 Å². The smallest absolute Gasteiger partial charge is 0.0265 e. The summed E-state index contributed by atoms with van der Waals surface area (Å²) >= 11 is 3.32. The third-order valence-electron chi connectivity index (χ3n) is 2.27. The first kappa shape index (κ1) is 9.27. The molecule has 0 aromatic carbocycles. The summed E-state index contributed by atoms with van der Waals surface area (Å²) in [5, 5.41) is 3.34. The van der Waals surface area contributed by atoms with Crippen molar-refractivity contribution in [3.05, 3.63) is 11.1 Å². The Hall–Kier alpha value is 0.180. The van der Waals surface area contributed by atoms with Gasteiger partial charge in [-0.15, -0.1) is 0 Å². The second-order valence-electron chi connectivity index (χ2n) is 3.28. The van der Waals surface area contributed by atoms with Crippen molar-refractivity contribution < 1.29 is 0 Å². The molecule has 1 aliphatic rings. The van der Waals surface area contributed by atoms with E-state index in [0.29, 0.717) is 0 Å². The number of nitrogens with one attached hydrogen (secondary N) is 1. The van der Waals surface area contributed by atoms with Crippen LogP contribution >= 0.6 is 15.9 Å². The first-order valence-electron chi connectivity index (χ1n) is 4.33. The molecule has 0 unspecified atom stereocenters. The Balaban J connectivity index is 1.83. The molecule has 2 heteroatoms. The lowest BCUT2D eigenvalue weighted by Crippen LogP contribution is -2.22. The molecule has 1 N–H and O–H groups in total. The maximum absolute atomic E-state index is 3.76. The van der Waals surface area contributed by atoms with Gasteiger partial charge in [0.1, 0.15) is 0 Å². The van der Waals surface area contributed by atoms with Crippen LogP contribution in [-0.4, -0.2) is 13.1 Å². The van der Waals surface area contributed by atoms with E-state index < -0.39 is 0 Å². The average Bonchev–Trinajstić information content (AvgIpc) is 1.82. The van der Waals surface area contributed by atoms with Gasteiger partial charge in [-0.05, 0) is 18.9 Å². The van der Waals surface area contributed by atoms with Gasteiger partial charge in [-0.25, -0.2) is 0 Å². The van der Waals surface area contributed by atoms with E-state index in [1.165, 1.54) is 25.7 Å². The molecule has 0 atom stereocenters. The van der Waals surface area contributed by atoms with Gasteiger partial charge in [0.25, 0.3) is 0 Å². The monoisotopic (exact) mass is 217 g/mol. The van der Waals surface area contributed by atoms with E-state index in [4.69, 9.17) is 0 Å². The highest BCUT2D eigenvalue weighted by Gasteiger charge is 2.15. The third kappa shape index (κ3) is 3.92. The van der Waals surface area contributed by atoms with Crippen LogP contribution in [0.4, 0.5) is 0 Å². The van der Waals surface area contributed by atoms with Crippen LogP contribution in [0.25, 0.3) is 0 Å². The zero-order valence-corrected chi connectivity index (χ0v) is 8.49. The average molecular weight is 218 g/mol. The summed E-state index contributed by atoms with van der Waals surface area (Å²) in [6.07, 6.45) is 5.71. The molecule has 1 saturated carbocycles. The molecule has 1 rings (SSSR count). The molecule has 0 aromatic heterocycles. The highest BCUT2D eigenvalue weighted by Crippen LogP contribution is 2.28. The highest BCUT2D eigenvalue weighted by molar-refractivity contribution is 9.11. The molecule has 1 aliphatic carbocycles. The lowest BCUT2D eigenvalue weighted by molar-refractivity contribution is 0.293. The van der Waals surface area contributed by atoms with Crippen molar-refractivity contribution in [2.45, 2.75) is 25.7 Å². The van der Waals surface area contributed by atoms with E-state index in [9.17, 15) is 0 Å². The lowest BCUT2D eigenvalue weighted by Gasteiger charge is -2.25. The molecule has 0 spiro atoms. The SMILES string of the molecule is C=C(Br)CNCCC1CCC1. The molecule has 0 bridgehead atoms. The predicted molar refractivity (Wildman–Crippen MR) is 52.9 cm³/mol. The van der Waals surface area contributed by atoms with E-state index >= 15 is 0 Å². The fourth-order valence-corrected chi connectivity index (χ4v) is 1.51. The van der Waals surface area contributed by atoms with E-state index in [1.54, 1.807) is 0 Å². The van der Waals surface area contributed by atoms with Crippen LogP contribution in [0.2, 0.25) is 0 Å². The molecule has 1 fully saturated rings. The van der Waals surface area contributed by atoms with Crippen LogP contribution in [0.1, 0.15) is 25.7 Å². The van der Waals surface area contributed by atoms with E-state index in [-0.39, 0.29) is 0 Å². The Labute approximate surface area is 77.4 Å². The zero-order chi connectivity index (χ0) is 8.10. The molecular weight excluding hydrogens is 202 g/mol. The van der Waals surface area contributed by atoms with Crippen molar-refractivity contribution in [1.82, 2.24) is 5.32 Å². The second-order valence-corrected chi connectivity index (χ2v) is 4.40. The first-order valence-corrected chi connectivity index (χ1v) is 5.12. The Morgan fingerprint density at radius 2 is 2.27 bits per heavy atom. The minimum atomic E-state index is 0.909. The molecule has 0 heterocycles. The fourth-order valence-electron chi connectivity index (χ4n) is 1.31. The Bertz CT molecular complexity index is 130. The normalized spacial score (nSPS) is 17.9. The topological polar surface area (TPSA) is 12.0 Å². The van der Waals surface area contributed by atoms with Crippen molar-refractivity contribution in [1.29, 1.82) is 0 Å². The van der Waals surface area contributed by atoms with Crippen molar-refractivity contribution in [2.75, 3.05) is 13.1 Å². The summed E-state index contributed by atoms with van der Waals surface area (Å²) in [4.78, 5) is 0. The van der Waals surface area contributed by atoms with E-state index in [0.717, 1.165) is 23.5 Å². The molecule has 1 nitrogen and oxygen atoms in total. The molecular formula is C9H16BrN. The Morgan fingerprint density at radius 1 is 1.55 bits per heavy atom. The summed E-state index contributed by atoms with van der Waals surface area (Å²) in [5.41, 5.74) is 0. The Morgan fingerprint density at radius 3 is 2.73 bits per heavy atom. The summed E-state index contributed by atoms with van der Waals surface area (Å²) in [6.45, 7) is 5.82. The summed E-state index contributed by atoms with van der Waals surface area (Å²) < 4.78 is 1.05. The standard InChI is InChI=1S/C9H16BrN/c1-8(10)7-11-6-5-9-3-2-4-9/h9,11H,1-7H2. The van der Waals surface area contributed by atoms with Crippen LogP contribution in [0.5, 0.6) is 0 Å². The molecule has 0 saturated heterocycles. The maximum Gasteiger partial charge on any atom is 0.0265 e. The van der Waals surface area contributed by atoms with Crippen molar-refractivity contribution in [2.24, 2.45) is 5.92 Å². The molecule has 0 aliphatic heterocycles. The van der Waals surface area contributed by atoms with Crippen LogP contribution in [0.3, 0.4) is 0 Å². The lowest BCUT2D eigenvalue weighted by atomic mass is 9.83. The van der Waals surface area contributed by atoms with Gasteiger partial charge in [0.15, 0.2) is 0 Å². The van der Waals surface area contributed by atoms with E-state index in [2.05, 4.69) is 27.8 Å². The molecule has 0 aromatic rings. The van der Waals surface area contributed by atoms with Gasteiger partial charge in [0.05, 0.1) is 0 Å². The molecule has 11 heavy (non-hydrogen) atoms. The van der Waals surface area contributed by atoms with Crippen LogP contribution in [0, 0.1) is 5.92 Å². The minimum Gasteiger partial charge on any atom is -0.312 e. The van der Waals surface area contributed by atoms with Gasteiger partial charge in [0, 0.05) is 11.0 Å². The van der Waals surface area contributed by atoms with Gasteiger partial charge in [0.2, 0.25) is 0 Å². The largest absolute Gasteiger partial charge is 0.312 e. The summed E-state index contributed by atoms with van der Waals surface area (Å²) in [6, 6.07) is 0. The van der Waals surface area contributed by atoms with E-state index in [1.807, 2.05) is 0 Å². The molecule has 0 radical (unpaired) electrons. The minimum absolute atomic E-state index is 0.909. The Kier molecular flexibility index (Phi) is 4.16. The van der Waals surface area contributed by atoms with Crippen LogP contribution < -0.4 is 5.32 Å². The summed E-state index contributed by atoms with van der Waals surface area (Å²) in [7, 11) is 0. The zero-order valence-electron chi connectivity index (χ0n) is 6.91. The van der Waals surface area contributed by atoms with Gasteiger partial charge in [-0.1, -0.05) is 41.8 Å². The van der Waals surface area contributed by atoms with Crippen molar-refractivity contribution in [3.8, 4) is 0 Å². The van der Waals surface area contributed by atoms with Crippen molar-refractivity contribution in [3.63, 3.8) is 0 Å². The molecule has 0 amide bonds. The fraction of sp³-hybridized carbons (Fsp3) is 0.778. The number of halogens is 1. The highest BCUT2D eigenvalue weighted by atomic mass is 79.9. The van der Waals surface area contributed by atoms with Crippen LogP contribution in [-0.2, 0) is 0 Å². The number of rotatable bonds is 5. The first-order chi connectivity index (χ1) is 5.29.